The summed E-state index contributed by atoms with van der Waals surface area (Å²) < 4.78 is 0. The second-order valence-corrected chi connectivity index (χ2v) is 7.55. The van der Waals surface area contributed by atoms with Crippen molar-refractivity contribution in [2.24, 2.45) is 0 Å². The molecule has 0 bridgehead atoms. The van der Waals surface area contributed by atoms with E-state index in [1.807, 2.05) is 12.1 Å². The van der Waals surface area contributed by atoms with Crippen LogP contribution in [0.4, 0.5) is 11.4 Å². The monoisotopic (exact) mass is 364 g/mol. The SMILES string of the molecule is CCCCCCc1ccc(N2CCN(c3ccc(C(C)=O)cc3)CC2)cc1. The number of rotatable bonds is 8. The van der Waals surface area contributed by atoms with Crippen LogP contribution in [0.3, 0.4) is 0 Å². The lowest BCUT2D eigenvalue weighted by atomic mass is 10.1. The number of unbranched alkanes of at least 4 members (excludes halogenated alkanes) is 3. The fourth-order valence-corrected chi connectivity index (χ4v) is 3.76. The highest BCUT2D eigenvalue weighted by atomic mass is 16.1. The number of anilines is 2. The average molecular weight is 365 g/mol. The number of Topliss-reactive ketones (excluding diaryl/α,β-unsaturated/α-hetero) is 1. The molecule has 0 N–H and O–H groups in total. The first kappa shape index (κ1) is 19.5. The number of hydrogen-bond donors (Lipinski definition) is 0. The fraction of sp³-hybridized carbons (Fsp3) is 0.458. The van der Waals surface area contributed by atoms with Gasteiger partial charge < -0.3 is 9.80 Å². The highest BCUT2D eigenvalue weighted by Crippen LogP contribution is 2.22. The van der Waals surface area contributed by atoms with Gasteiger partial charge in [0.1, 0.15) is 0 Å². The van der Waals surface area contributed by atoms with Gasteiger partial charge in [0.15, 0.2) is 5.78 Å². The molecule has 2 aromatic carbocycles. The number of ketones is 1. The Labute approximate surface area is 164 Å². The Kier molecular flexibility index (Phi) is 6.92. The van der Waals surface area contributed by atoms with Crippen molar-refractivity contribution in [3.63, 3.8) is 0 Å². The maximum Gasteiger partial charge on any atom is 0.159 e. The number of aryl methyl sites for hydroxylation is 1. The third kappa shape index (κ3) is 5.35. The molecule has 1 aliphatic heterocycles. The highest BCUT2D eigenvalue weighted by molar-refractivity contribution is 5.94. The third-order valence-electron chi connectivity index (χ3n) is 5.54. The first-order valence-corrected chi connectivity index (χ1v) is 10.4. The Morgan fingerprint density at radius 2 is 1.30 bits per heavy atom. The third-order valence-corrected chi connectivity index (χ3v) is 5.54. The van der Waals surface area contributed by atoms with Gasteiger partial charge in [0.05, 0.1) is 0 Å². The minimum Gasteiger partial charge on any atom is -0.368 e. The average Bonchev–Trinajstić information content (AvgIpc) is 2.72. The molecule has 1 aliphatic rings. The van der Waals surface area contributed by atoms with Crippen LogP contribution in [-0.2, 0) is 6.42 Å². The summed E-state index contributed by atoms with van der Waals surface area (Å²) in [6.07, 6.45) is 6.48. The van der Waals surface area contributed by atoms with Gasteiger partial charge in [-0.05, 0) is 61.7 Å². The summed E-state index contributed by atoms with van der Waals surface area (Å²) in [4.78, 5) is 16.3. The van der Waals surface area contributed by atoms with Crippen LogP contribution in [0.1, 0.15) is 55.5 Å². The minimum atomic E-state index is 0.125. The van der Waals surface area contributed by atoms with Crippen LogP contribution >= 0.6 is 0 Å². The zero-order chi connectivity index (χ0) is 19.1. The molecule has 0 aromatic heterocycles. The van der Waals surface area contributed by atoms with Crippen molar-refractivity contribution in [1.29, 1.82) is 0 Å². The molecule has 1 heterocycles. The van der Waals surface area contributed by atoms with Gasteiger partial charge >= 0.3 is 0 Å². The molecule has 3 rings (SSSR count). The molecule has 0 aliphatic carbocycles. The lowest BCUT2D eigenvalue weighted by molar-refractivity contribution is 0.101. The van der Waals surface area contributed by atoms with Gasteiger partial charge in [0.2, 0.25) is 0 Å². The Morgan fingerprint density at radius 1 is 0.778 bits per heavy atom. The zero-order valence-corrected chi connectivity index (χ0v) is 16.8. The molecular formula is C24H32N2O. The zero-order valence-electron chi connectivity index (χ0n) is 16.8. The first-order chi connectivity index (χ1) is 13.2. The topological polar surface area (TPSA) is 23.6 Å². The minimum absolute atomic E-state index is 0.125. The van der Waals surface area contributed by atoms with Gasteiger partial charge in [-0.15, -0.1) is 0 Å². The smallest absolute Gasteiger partial charge is 0.159 e. The van der Waals surface area contributed by atoms with Crippen molar-refractivity contribution in [2.45, 2.75) is 46.0 Å². The molecule has 27 heavy (non-hydrogen) atoms. The van der Waals surface area contributed by atoms with E-state index in [2.05, 4.69) is 53.1 Å². The molecule has 0 unspecified atom stereocenters. The summed E-state index contributed by atoms with van der Waals surface area (Å²) in [5.41, 5.74) is 4.78. The quantitative estimate of drug-likeness (QED) is 0.467. The van der Waals surface area contributed by atoms with E-state index < -0.39 is 0 Å². The summed E-state index contributed by atoms with van der Waals surface area (Å²) in [5.74, 6) is 0.125. The molecule has 144 valence electrons. The molecule has 0 amide bonds. The van der Waals surface area contributed by atoms with E-state index in [-0.39, 0.29) is 5.78 Å². The largest absolute Gasteiger partial charge is 0.368 e. The van der Waals surface area contributed by atoms with Crippen molar-refractivity contribution in [3.05, 3.63) is 59.7 Å². The van der Waals surface area contributed by atoms with Crippen molar-refractivity contribution in [3.8, 4) is 0 Å². The van der Waals surface area contributed by atoms with E-state index in [0.717, 1.165) is 31.7 Å². The number of nitrogens with zero attached hydrogens (tertiary/aromatic N) is 2. The molecular weight excluding hydrogens is 332 g/mol. The van der Waals surface area contributed by atoms with E-state index in [0.29, 0.717) is 0 Å². The molecule has 1 fully saturated rings. The number of piperazine rings is 1. The standard InChI is InChI=1S/C24H32N2O/c1-3-4-5-6-7-21-8-12-23(13-9-21)25-16-18-26(19-17-25)24-14-10-22(11-15-24)20(2)27/h8-15H,3-7,16-19H2,1-2H3. The lowest BCUT2D eigenvalue weighted by Crippen LogP contribution is -2.46. The van der Waals surface area contributed by atoms with Crippen LogP contribution in [-0.4, -0.2) is 32.0 Å². The molecule has 2 aromatic rings. The van der Waals surface area contributed by atoms with Crippen LogP contribution in [0.15, 0.2) is 48.5 Å². The van der Waals surface area contributed by atoms with Gasteiger partial charge in [-0.3, -0.25) is 4.79 Å². The van der Waals surface area contributed by atoms with Crippen LogP contribution < -0.4 is 9.80 Å². The van der Waals surface area contributed by atoms with Gasteiger partial charge in [-0.1, -0.05) is 38.3 Å². The molecule has 3 heteroatoms. The highest BCUT2D eigenvalue weighted by Gasteiger charge is 2.17. The van der Waals surface area contributed by atoms with Gasteiger partial charge in [0.25, 0.3) is 0 Å². The Hall–Kier alpha value is -2.29. The van der Waals surface area contributed by atoms with E-state index in [1.165, 1.54) is 49.0 Å². The summed E-state index contributed by atoms with van der Waals surface area (Å²) in [6.45, 7) is 7.96. The van der Waals surface area contributed by atoms with Crippen LogP contribution in [0.2, 0.25) is 0 Å². The summed E-state index contributed by atoms with van der Waals surface area (Å²) in [7, 11) is 0. The van der Waals surface area contributed by atoms with Crippen molar-refractivity contribution in [2.75, 3.05) is 36.0 Å². The van der Waals surface area contributed by atoms with Crippen molar-refractivity contribution >= 4 is 17.2 Å². The first-order valence-electron chi connectivity index (χ1n) is 10.4. The predicted molar refractivity (Wildman–Crippen MR) is 115 cm³/mol. The number of carbonyl (C=O) groups excluding carboxylic acids is 1. The maximum absolute atomic E-state index is 11.4. The maximum atomic E-state index is 11.4. The molecule has 3 nitrogen and oxygen atoms in total. The summed E-state index contributed by atoms with van der Waals surface area (Å²) >= 11 is 0. The van der Waals surface area contributed by atoms with Crippen LogP contribution in [0, 0.1) is 0 Å². The second-order valence-electron chi connectivity index (χ2n) is 7.55. The molecule has 0 spiro atoms. The molecule has 0 radical (unpaired) electrons. The lowest BCUT2D eigenvalue weighted by Gasteiger charge is -2.37. The predicted octanol–water partition coefficient (Wildman–Crippen LogP) is 5.34. The number of hydrogen-bond acceptors (Lipinski definition) is 3. The van der Waals surface area contributed by atoms with E-state index in [9.17, 15) is 4.79 Å². The van der Waals surface area contributed by atoms with Crippen LogP contribution in [0.25, 0.3) is 0 Å². The van der Waals surface area contributed by atoms with E-state index >= 15 is 0 Å². The molecule has 0 saturated carbocycles. The van der Waals surface area contributed by atoms with Crippen LogP contribution in [0.5, 0.6) is 0 Å². The number of benzene rings is 2. The molecule has 1 saturated heterocycles. The van der Waals surface area contributed by atoms with Gasteiger partial charge in [-0.25, -0.2) is 0 Å². The van der Waals surface area contributed by atoms with Crippen molar-refractivity contribution < 1.29 is 4.79 Å². The van der Waals surface area contributed by atoms with E-state index in [4.69, 9.17) is 0 Å². The summed E-state index contributed by atoms with van der Waals surface area (Å²) in [6, 6.07) is 17.2. The Balaban J connectivity index is 1.50. The fourth-order valence-electron chi connectivity index (χ4n) is 3.76. The number of carbonyl (C=O) groups is 1. The van der Waals surface area contributed by atoms with Crippen molar-refractivity contribution in [1.82, 2.24) is 0 Å². The normalized spacial score (nSPS) is 14.4. The molecule has 0 atom stereocenters. The Bertz CT molecular complexity index is 713. The van der Waals surface area contributed by atoms with Gasteiger partial charge in [-0.2, -0.15) is 0 Å². The van der Waals surface area contributed by atoms with E-state index in [1.54, 1.807) is 6.92 Å². The van der Waals surface area contributed by atoms with Gasteiger partial charge in [0, 0.05) is 43.1 Å². The Morgan fingerprint density at radius 3 is 1.78 bits per heavy atom. The second kappa shape index (κ2) is 9.59. The summed E-state index contributed by atoms with van der Waals surface area (Å²) in [5, 5.41) is 0.